The van der Waals surface area contributed by atoms with Gasteiger partial charge in [0.25, 0.3) is 5.91 Å². The number of thiazole rings is 1. The molecule has 3 heterocycles. The summed E-state index contributed by atoms with van der Waals surface area (Å²) in [7, 11) is 0. The first-order chi connectivity index (χ1) is 15.1. The Bertz CT molecular complexity index is 1010. The Morgan fingerprint density at radius 1 is 1.26 bits per heavy atom. The van der Waals surface area contributed by atoms with Crippen molar-refractivity contribution in [3.8, 4) is 0 Å². The predicted octanol–water partition coefficient (Wildman–Crippen LogP) is 3.78. The number of amides is 1. The van der Waals surface area contributed by atoms with E-state index in [4.69, 9.17) is 9.57 Å². The number of aromatic nitrogens is 3. The Labute approximate surface area is 185 Å². The van der Waals surface area contributed by atoms with Crippen LogP contribution in [0.15, 0.2) is 48.7 Å². The van der Waals surface area contributed by atoms with Gasteiger partial charge in [0.2, 0.25) is 0 Å². The molecule has 1 fully saturated rings. The molecular weight excluding hydrogens is 412 g/mol. The van der Waals surface area contributed by atoms with Crippen LogP contribution in [0.4, 0.5) is 0 Å². The summed E-state index contributed by atoms with van der Waals surface area (Å²) in [6, 6.07) is 13.0. The fourth-order valence-electron chi connectivity index (χ4n) is 3.64. The number of carbonyl (C=O) groups is 1. The van der Waals surface area contributed by atoms with Gasteiger partial charge in [-0.1, -0.05) is 25.1 Å². The second-order valence-electron chi connectivity index (χ2n) is 7.70. The normalized spacial score (nSPS) is 21.0. The van der Waals surface area contributed by atoms with Gasteiger partial charge in [-0.3, -0.25) is 9.63 Å². The molecule has 8 heteroatoms. The van der Waals surface area contributed by atoms with Gasteiger partial charge in [-0.05, 0) is 44.0 Å². The van der Waals surface area contributed by atoms with Gasteiger partial charge in [0, 0.05) is 29.5 Å². The predicted molar refractivity (Wildman–Crippen MR) is 118 cm³/mol. The van der Waals surface area contributed by atoms with Crippen LogP contribution in [0.2, 0.25) is 0 Å². The number of carbonyl (C=O) groups excluding carboxylic acids is 1. The Balaban J connectivity index is 1.52. The molecule has 162 valence electrons. The van der Waals surface area contributed by atoms with E-state index in [0.717, 1.165) is 22.8 Å². The molecule has 0 bridgehead atoms. The molecule has 1 N–H and O–H groups in total. The number of hydroxylamine groups is 1. The molecule has 1 aromatic carbocycles. The first-order valence-electron chi connectivity index (χ1n) is 10.5. The maximum Gasteiger partial charge on any atom is 0.274 e. The summed E-state index contributed by atoms with van der Waals surface area (Å²) in [5.41, 5.74) is 4.21. The van der Waals surface area contributed by atoms with E-state index in [1.54, 1.807) is 23.5 Å². The third kappa shape index (κ3) is 5.15. The quantitative estimate of drug-likeness (QED) is 0.565. The van der Waals surface area contributed by atoms with Crippen LogP contribution in [-0.2, 0) is 28.0 Å². The molecule has 0 saturated carbocycles. The number of benzene rings is 1. The zero-order valence-corrected chi connectivity index (χ0v) is 18.5. The summed E-state index contributed by atoms with van der Waals surface area (Å²) >= 11 is 1.66. The molecule has 4 rings (SSSR count). The van der Waals surface area contributed by atoms with Crippen molar-refractivity contribution in [3.63, 3.8) is 0 Å². The van der Waals surface area contributed by atoms with Gasteiger partial charge in [-0.2, -0.15) is 10.2 Å². The van der Waals surface area contributed by atoms with E-state index in [0.29, 0.717) is 31.4 Å². The van der Waals surface area contributed by atoms with Gasteiger partial charge in [0.1, 0.15) is 10.6 Å². The van der Waals surface area contributed by atoms with E-state index < -0.39 is 5.60 Å². The zero-order chi connectivity index (χ0) is 21.7. The number of hydrogen-bond acceptors (Lipinski definition) is 7. The van der Waals surface area contributed by atoms with Crippen molar-refractivity contribution in [1.29, 1.82) is 0 Å². The molecule has 0 spiro atoms. The maximum absolute atomic E-state index is 12.4. The summed E-state index contributed by atoms with van der Waals surface area (Å²) < 4.78 is 6.35. The van der Waals surface area contributed by atoms with Gasteiger partial charge in [-0.25, -0.2) is 10.5 Å². The number of nitrogens with zero attached hydrogens (tertiary/aromatic N) is 3. The minimum atomic E-state index is -0.664. The second kappa shape index (κ2) is 9.64. The summed E-state index contributed by atoms with van der Waals surface area (Å²) in [6.07, 6.45) is 4.42. The van der Waals surface area contributed by atoms with Crippen molar-refractivity contribution in [2.75, 3.05) is 6.61 Å². The van der Waals surface area contributed by atoms with E-state index in [1.165, 1.54) is 4.88 Å². The van der Waals surface area contributed by atoms with Crippen molar-refractivity contribution >= 4 is 17.2 Å². The molecule has 31 heavy (non-hydrogen) atoms. The lowest BCUT2D eigenvalue weighted by Crippen LogP contribution is -2.44. The number of nitrogens with one attached hydrogen (secondary N) is 1. The number of rotatable bonds is 7. The third-order valence-electron chi connectivity index (χ3n) is 5.34. The highest BCUT2D eigenvalue weighted by molar-refractivity contribution is 7.11. The Morgan fingerprint density at radius 2 is 2.10 bits per heavy atom. The van der Waals surface area contributed by atoms with Gasteiger partial charge in [-0.15, -0.1) is 11.3 Å². The van der Waals surface area contributed by atoms with Gasteiger partial charge >= 0.3 is 0 Å². The minimum absolute atomic E-state index is 0.200. The Morgan fingerprint density at radius 3 is 2.81 bits per heavy atom. The summed E-state index contributed by atoms with van der Waals surface area (Å²) in [6.45, 7) is 4.53. The molecule has 7 nitrogen and oxygen atoms in total. The van der Waals surface area contributed by atoms with Crippen molar-refractivity contribution in [2.24, 2.45) is 0 Å². The van der Waals surface area contributed by atoms with E-state index in [9.17, 15) is 4.79 Å². The second-order valence-corrected chi connectivity index (χ2v) is 8.82. The summed E-state index contributed by atoms with van der Waals surface area (Å²) in [4.78, 5) is 24.1. The first-order valence-corrected chi connectivity index (χ1v) is 11.3. The molecule has 1 aliphatic heterocycles. The first kappa shape index (κ1) is 21.5. The van der Waals surface area contributed by atoms with Crippen molar-refractivity contribution in [1.82, 2.24) is 20.7 Å². The largest absolute Gasteiger partial charge is 0.367 e. The van der Waals surface area contributed by atoms with Gasteiger partial charge in [0.15, 0.2) is 0 Å². The molecule has 2 aromatic heterocycles. The monoisotopic (exact) mass is 438 g/mol. The topological polar surface area (TPSA) is 86.2 Å². The third-order valence-corrected chi connectivity index (χ3v) is 6.67. The van der Waals surface area contributed by atoms with Gasteiger partial charge < -0.3 is 4.74 Å². The highest BCUT2D eigenvalue weighted by Gasteiger charge is 2.43. The molecule has 2 atom stereocenters. The molecule has 3 aromatic rings. The molecule has 1 amide bonds. The lowest BCUT2D eigenvalue weighted by molar-refractivity contribution is -0.152. The van der Waals surface area contributed by atoms with E-state index in [-0.39, 0.29) is 12.0 Å². The fraction of sp³-hybridized carbons (Fsp3) is 0.391. The standard InChI is InChI=1S/C23H26N4O3S/c1-3-20-15-24-22(31-20)23(13-18-10-9-16(2)25-26-18)14-19(11-12-29-23)30-27-21(28)17-7-5-4-6-8-17/h4-10,15,19H,3,11-14H2,1-2H3,(H,27,28). The zero-order valence-electron chi connectivity index (χ0n) is 17.7. The number of hydrogen-bond donors (Lipinski definition) is 1. The highest BCUT2D eigenvalue weighted by Crippen LogP contribution is 2.40. The van der Waals surface area contributed by atoms with E-state index >= 15 is 0 Å². The van der Waals surface area contributed by atoms with Crippen LogP contribution in [0.3, 0.4) is 0 Å². The van der Waals surface area contributed by atoms with Crippen LogP contribution in [0, 0.1) is 6.92 Å². The Hall–Kier alpha value is -2.68. The number of aryl methyl sites for hydroxylation is 2. The molecular formula is C23H26N4O3S. The van der Waals surface area contributed by atoms with Crippen molar-refractivity contribution in [2.45, 2.75) is 51.2 Å². The maximum atomic E-state index is 12.4. The molecule has 1 aliphatic rings. The van der Waals surface area contributed by atoms with Gasteiger partial charge in [0.05, 0.1) is 24.1 Å². The SMILES string of the molecule is CCc1cnc(C2(Cc3ccc(C)nn3)CC(ONC(=O)c3ccccc3)CCO2)s1. The fourth-order valence-corrected chi connectivity index (χ4v) is 4.65. The van der Waals surface area contributed by atoms with Crippen molar-refractivity contribution < 1.29 is 14.4 Å². The van der Waals surface area contributed by atoms with Crippen LogP contribution >= 0.6 is 11.3 Å². The van der Waals surface area contributed by atoms with E-state index in [1.807, 2.05) is 43.5 Å². The average molecular weight is 439 g/mol. The summed E-state index contributed by atoms with van der Waals surface area (Å²) in [5, 5.41) is 9.45. The van der Waals surface area contributed by atoms with Crippen LogP contribution in [0.25, 0.3) is 0 Å². The number of ether oxygens (including phenoxy) is 1. The van der Waals surface area contributed by atoms with Crippen LogP contribution in [-0.4, -0.2) is 33.8 Å². The van der Waals surface area contributed by atoms with E-state index in [2.05, 4.69) is 27.6 Å². The summed E-state index contributed by atoms with van der Waals surface area (Å²) in [5.74, 6) is -0.260. The molecule has 0 aliphatic carbocycles. The highest BCUT2D eigenvalue weighted by atomic mass is 32.1. The molecule has 0 radical (unpaired) electrons. The minimum Gasteiger partial charge on any atom is -0.367 e. The average Bonchev–Trinajstić information content (AvgIpc) is 3.30. The lowest BCUT2D eigenvalue weighted by Gasteiger charge is -2.39. The molecule has 1 saturated heterocycles. The van der Waals surface area contributed by atoms with Crippen LogP contribution in [0.5, 0.6) is 0 Å². The lowest BCUT2D eigenvalue weighted by atomic mass is 9.88. The smallest absolute Gasteiger partial charge is 0.274 e. The van der Waals surface area contributed by atoms with Crippen molar-refractivity contribution in [3.05, 3.63) is 75.5 Å². The molecule has 2 unspecified atom stereocenters. The van der Waals surface area contributed by atoms with Crippen LogP contribution < -0.4 is 5.48 Å². The van der Waals surface area contributed by atoms with Crippen LogP contribution in [0.1, 0.15) is 51.4 Å². The Kier molecular flexibility index (Phi) is 6.70.